The molecular weight excluding hydrogens is 514 g/mol. The third-order valence-electron chi connectivity index (χ3n) is 7.50. The van der Waals surface area contributed by atoms with Crippen molar-refractivity contribution in [3.05, 3.63) is 88.8 Å². The van der Waals surface area contributed by atoms with Crippen molar-refractivity contribution in [3.8, 4) is 0 Å². The van der Waals surface area contributed by atoms with E-state index in [4.69, 9.17) is 11.3 Å². The Balaban J connectivity index is 1.55. The van der Waals surface area contributed by atoms with Crippen LogP contribution in [0.2, 0.25) is 0 Å². The second-order valence-corrected chi connectivity index (χ2v) is 10.4. The van der Waals surface area contributed by atoms with Crippen LogP contribution in [0.5, 0.6) is 0 Å². The third-order valence-corrected chi connectivity index (χ3v) is 7.50. The SMILES string of the molecule is CC1(F)CC=CC(F)=C1CNC(=O)N(Cc1ccc(C(=O)N=C(N)N=N)cc1)c1ccc(C2CCCCC2)cc1. The Labute approximate surface area is 232 Å². The highest BCUT2D eigenvalue weighted by atomic mass is 19.1. The molecule has 10 heteroatoms. The minimum atomic E-state index is -1.89. The van der Waals surface area contributed by atoms with Crippen molar-refractivity contribution in [1.82, 2.24) is 5.32 Å². The van der Waals surface area contributed by atoms with Crippen LogP contribution in [0.25, 0.3) is 0 Å². The monoisotopic (exact) mass is 548 g/mol. The zero-order valence-electron chi connectivity index (χ0n) is 22.5. The average Bonchev–Trinajstić information content (AvgIpc) is 2.96. The van der Waals surface area contributed by atoms with Gasteiger partial charge in [0.05, 0.1) is 6.54 Å². The first-order valence-corrected chi connectivity index (χ1v) is 13.4. The number of hydrogen-bond donors (Lipinski definition) is 3. The number of urea groups is 1. The van der Waals surface area contributed by atoms with E-state index in [0.717, 1.165) is 12.8 Å². The number of nitrogens with two attached hydrogens (primary N) is 1. The predicted octanol–water partition coefficient (Wildman–Crippen LogP) is 6.85. The van der Waals surface area contributed by atoms with Gasteiger partial charge in [0.15, 0.2) is 0 Å². The first kappa shape index (κ1) is 28.8. The molecule has 210 valence electrons. The van der Waals surface area contributed by atoms with Crippen LogP contribution < -0.4 is 16.0 Å². The van der Waals surface area contributed by atoms with Crippen molar-refractivity contribution >= 4 is 23.6 Å². The molecule has 2 aliphatic rings. The average molecular weight is 549 g/mol. The number of aliphatic imine (C=N–C) groups is 1. The molecule has 0 aromatic heterocycles. The number of allylic oxidation sites excluding steroid dienone is 3. The summed E-state index contributed by atoms with van der Waals surface area (Å²) in [6, 6.07) is 13.8. The molecular formula is C30H34F2N6O2. The van der Waals surface area contributed by atoms with Crippen molar-refractivity contribution in [2.45, 2.75) is 63.6 Å². The second-order valence-electron chi connectivity index (χ2n) is 10.4. The Hall–Kier alpha value is -4.21. The van der Waals surface area contributed by atoms with E-state index < -0.39 is 29.4 Å². The Kier molecular flexibility index (Phi) is 9.19. The van der Waals surface area contributed by atoms with E-state index in [9.17, 15) is 18.4 Å². The van der Waals surface area contributed by atoms with Gasteiger partial charge in [-0.1, -0.05) is 49.6 Å². The summed E-state index contributed by atoms with van der Waals surface area (Å²) in [7, 11) is 0. The first-order valence-electron chi connectivity index (χ1n) is 13.4. The molecule has 0 radical (unpaired) electrons. The lowest BCUT2D eigenvalue weighted by Crippen LogP contribution is -2.42. The van der Waals surface area contributed by atoms with Gasteiger partial charge in [-0.25, -0.2) is 19.1 Å². The highest BCUT2D eigenvalue weighted by Gasteiger charge is 2.33. The Bertz CT molecular complexity index is 1330. The van der Waals surface area contributed by atoms with Crippen molar-refractivity contribution in [1.29, 1.82) is 5.53 Å². The lowest BCUT2D eigenvalue weighted by molar-refractivity contribution is 0.100. The standard InChI is InChI=1S/C30H34F2N6O2/c1-30(32)17-5-8-26(31)25(30)18-35-29(40)38(24-15-13-22(14-16-24)21-6-3-2-4-7-21)19-20-9-11-23(12-10-20)27(39)36-28(33)37-34/h5,8-16,21,34H,2-4,6-7,17-19H2,1H3,(H,35,40)(H2,33,36,39). The van der Waals surface area contributed by atoms with Crippen molar-refractivity contribution in [2.75, 3.05) is 11.4 Å². The van der Waals surface area contributed by atoms with E-state index in [-0.39, 0.29) is 30.6 Å². The lowest BCUT2D eigenvalue weighted by Gasteiger charge is -2.28. The Morgan fingerprint density at radius 1 is 1.10 bits per heavy atom. The summed E-state index contributed by atoms with van der Waals surface area (Å²) in [6.45, 7) is 1.18. The highest BCUT2D eigenvalue weighted by Crippen LogP contribution is 2.34. The van der Waals surface area contributed by atoms with Gasteiger partial charge < -0.3 is 11.1 Å². The normalized spacial score (nSPS) is 19.8. The molecule has 0 aliphatic heterocycles. The van der Waals surface area contributed by atoms with Gasteiger partial charge in [0.2, 0.25) is 5.96 Å². The van der Waals surface area contributed by atoms with Gasteiger partial charge >= 0.3 is 6.03 Å². The summed E-state index contributed by atoms with van der Waals surface area (Å²) in [5, 5.41) is 5.61. The number of guanidine groups is 1. The van der Waals surface area contributed by atoms with E-state index in [2.05, 4.69) is 15.4 Å². The van der Waals surface area contributed by atoms with E-state index in [1.54, 1.807) is 24.3 Å². The van der Waals surface area contributed by atoms with Crippen molar-refractivity contribution in [2.24, 2.45) is 15.8 Å². The molecule has 8 nitrogen and oxygen atoms in total. The number of benzene rings is 2. The topological polar surface area (TPSA) is 124 Å². The number of carbonyl (C=O) groups is 2. The Morgan fingerprint density at radius 3 is 2.40 bits per heavy atom. The lowest BCUT2D eigenvalue weighted by atomic mass is 9.84. The first-order chi connectivity index (χ1) is 19.2. The number of nitrogens with zero attached hydrogens (tertiary/aromatic N) is 3. The minimum Gasteiger partial charge on any atom is -0.366 e. The third kappa shape index (κ3) is 7.05. The quantitative estimate of drug-likeness (QED) is 0.199. The maximum Gasteiger partial charge on any atom is 0.322 e. The fraction of sp³-hybridized carbons (Fsp3) is 0.367. The van der Waals surface area contributed by atoms with Gasteiger partial charge in [0.25, 0.3) is 5.91 Å². The molecule has 0 saturated heterocycles. The number of anilines is 1. The van der Waals surface area contributed by atoms with E-state index >= 15 is 0 Å². The summed E-state index contributed by atoms with van der Waals surface area (Å²) in [6.07, 6.45) is 8.69. The number of carbonyl (C=O) groups excluding carboxylic acids is 2. The number of amides is 3. The van der Waals surface area contributed by atoms with Crippen LogP contribution in [-0.4, -0.2) is 30.1 Å². The fourth-order valence-electron chi connectivity index (χ4n) is 5.16. The molecule has 1 unspecified atom stereocenters. The fourth-order valence-corrected chi connectivity index (χ4v) is 5.16. The molecule has 40 heavy (non-hydrogen) atoms. The smallest absolute Gasteiger partial charge is 0.322 e. The molecule has 0 spiro atoms. The molecule has 1 atom stereocenters. The van der Waals surface area contributed by atoms with E-state index in [1.165, 1.54) is 48.8 Å². The predicted molar refractivity (Wildman–Crippen MR) is 151 cm³/mol. The summed E-state index contributed by atoms with van der Waals surface area (Å²) in [5.74, 6) is -1.26. The molecule has 3 amide bonds. The summed E-state index contributed by atoms with van der Waals surface area (Å²) in [5.41, 5.74) is 13.0. The van der Waals surface area contributed by atoms with Gasteiger partial charge in [-0.3, -0.25) is 9.69 Å². The Morgan fingerprint density at radius 2 is 1.77 bits per heavy atom. The number of rotatable bonds is 7. The van der Waals surface area contributed by atoms with Gasteiger partial charge in [-0.2, -0.15) is 4.99 Å². The van der Waals surface area contributed by atoms with Crippen LogP contribution in [0.15, 0.2) is 82.2 Å². The van der Waals surface area contributed by atoms with E-state index in [1.807, 2.05) is 24.3 Å². The van der Waals surface area contributed by atoms with Crippen molar-refractivity contribution < 1.29 is 18.4 Å². The van der Waals surface area contributed by atoms with Crippen molar-refractivity contribution in [3.63, 3.8) is 0 Å². The minimum absolute atomic E-state index is 0.0363. The second kappa shape index (κ2) is 12.8. The van der Waals surface area contributed by atoms with Crippen LogP contribution in [-0.2, 0) is 6.54 Å². The largest absolute Gasteiger partial charge is 0.366 e. The van der Waals surface area contributed by atoms with Crippen LogP contribution in [0.3, 0.4) is 0 Å². The number of alkyl halides is 1. The summed E-state index contributed by atoms with van der Waals surface area (Å²) >= 11 is 0. The summed E-state index contributed by atoms with van der Waals surface area (Å²) in [4.78, 5) is 30.7. The molecule has 4 rings (SSSR count). The zero-order valence-corrected chi connectivity index (χ0v) is 22.5. The maximum absolute atomic E-state index is 15.0. The van der Waals surface area contributed by atoms with Crippen LogP contribution in [0, 0.1) is 5.53 Å². The maximum atomic E-state index is 15.0. The van der Waals surface area contributed by atoms with Crippen LogP contribution in [0.4, 0.5) is 19.3 Å². The number of nitrogens with one attached hydrogen (secondary N) is 2. The van der Waals surface area contributed by atoms with Gasteiger partial charge in [-0.05, 0) is 67.2 Å². The molecule has 1 fully saturated rings. The van der Waals surface area contributed by atoms with Gasteiger partial charge in [-0.15, -0.1) is 5.11 Å². The van der Waals surface area contributed by atoms with Crippen LogP contribution in [0.1, 0.15) is 72.9 Å². The molecule has 4 N–H and O–H groups in total. The molecule has 0 bridgehead atoms. The van der Waals surface area contributed by atoms with Gasteiger partial charge in [0, 0.05) is 29.8 Å². The molecule has 2 aliphatic carbocycles. The molecule has 0 heterocycles. The van der Waals surface area contributed by atoms with Crippen LogP contribution >= 0.6 is 0 Å². The zero-order chi connectivity index (χ0) is 28.7. The van der Waals surface area contributed by atoms with Gasteiger partial charge in [0.1, 0.15) is 11.5 Å². The molecule has 2 aromatic rings. The molecule has 2 aromatic carbocycles. The number of hydrogen-bond acceptors (Lipinski definition) is 3. The van der Waals surface area contributed by atoms with E-state index in [0.29, 0.717) is 17.2 Å². The highest BCUT2D eigenvalue weighted by molar-refractivity contribution is 6.02. The molecule has 1 saturated carbocycles. The summed E-state index contributed by atoms with van der Waals surface area (Å²) < 4.78 is 29.4. The number of halogens is 2.